The van der Waals surface area contributed by atoms with E-state index >= 15 is 0 Å². The monoisotopic (exact) mass is 468 g/mol. The Morgan fingerprint density at radius 1 is 0.542 bits per heavy atom. The van der Waals surface area contributed by atoms with Gasteiger partial charge in [-0.3, -0.25) is 29.0 Å². The van der Waals surface area contributed by atoms with Crippen LogP contribution in [0.5, 0.6) is 0 Å². The van der Waals surface area contributed by atoms with Crippen molar-refractivity contribution in [2.24, 2.45) is 0 Å². The van der Waals surface area contributed by atoms with Gasteiger partial charge in [-0.2, -0.15) is 0 Å². The second kappa shape index (κ2) is 20.4. The van der Waals surface area contributed by atoms with E-state index in [2.05, 4.69) is 0 Å². The molecule has 0 radical (unpaired) electrons. The molecular weight excluding hydrogens is 453 g/mol. The third-order valence-electron chi connectivity index (χ3n) is 2.17. The van der Waals surface area contributed by atoms with Crippen molar-refractivity contribution in [2.45, 2.75) is 0 Å². The third kappa shape index (κ3) is 23.0. The van der Waals surface area contributed by atoms with E-state index in [4.69, 9.17) is 20.4 Å². The van der Waals surface area contributed by atoms with E-state index in [1.165, 1.54) is 0 Å². The molecule has 0 saturated heterocycles. The molecule has 0 aromatic rings. The van der Waals surface area contributed by atoms with Gasteiger partial charge in [0.2, 0.25) is 0 Å². The van der Waals surface area contributed by atoms with Crippen molar-refractivity contribution in [1.82, 2.24) is 9.80 Å². The molecule has 0 saturated carbocycles. The first-order valence-corrected chi connectivity index (χ1v) is 5.52. The molecule has 0 heterocycles. The number of rotatable bonds is 11. The zero-order valence-corrected chi connectivity index (χ0v) is 17.9. The molecular formula is C10H18N2Na2O8Zn2. The minimum atomic E-state index is -1.23. The van der Waals surface area contributed by atoms with E-state index in [-0.39, 0.29) is 111 Å². The van der Waals surface area contributed by atoms with Gasteiger partial charge in [-0.05, 0) is 0 Å². The van der Waals surface area contributed by atoms with Crippen LogP contribution in [-0.2, 0) is 58.1 Å². The molecule has 122 valence electrons. The molecule has 0 aliphatic heterocycles. The Morgan fingerprint density at radius 2 is 0.708 bits per heavy atom. The Kier molecular flexibility index (Phi) is 30.6. The topological polar surface area (TPSA) is 156 Å². The van der Waals surface area contributed by atoms with Gasteiger partial charge in [-0.25, -0.2) is 0 Å². The predicted octanol–water partition coefficient (Wildman–Crippen LogP) is -3.37. The Hall–Kier alpha value is 1.05. The summed E-state index contributed by atoms with van der Waals surface area (Å²) in [7, 11) is 0. The van der Waals surface area contributed by atoms with Crippen molar-refractivity contribution in [1.29, 1.82) is 0 Å². The van der Waals surface area contributed by atoms with Crippen molar-refractivity contribution in [3.05, 3.63) is 0 Å². The van der Waals surface area contributed by atoms with Crippen LogP contribution in [0.2, 0.25) is 0 Å². The van der Waals surface area contributed by atoms with Crippen LogP contribution < -0.4 is 0 Å². The molecule has 0 atom stereocenters. The zero-order valence-electron chi connectivity index (χ0n) is 12.0. The van der Waals surface area contributed by atoms with Gasteiger partial charge in [-0.1, -0.05) is 0 Å². The Balaban J connectivity index is -0.000000301. The fraction of sp³-hybridized carbons (Fsp3) is 0.600. The van der Waals surface area contributed by atoms with E-state index in [0.29, 0.717) is 0 Å². The number of carbonyl (C=O) groups is 4. The van der Waals surface area contributed by atoms with E-state index in [9.17, 15) is 19.2 Å². The average Bonchev–Trinajstić information content (AvgIpc) is 2.22. The molecule has 14 heteroatoms. The molecule has 0 unspecified atom stereocenters. The fourth-order valence-corrected chi connectivity index (χ4v) is 1.48. The standard InChI is InChI=1S/C10H16N2O8.2Na.2Zn.2H/c13-7(14)3-11(4-8(15)16)1-2-12(5-9(17)18)6-10(19)20;;;;;;/h1-6H2,(H,13,14)(H,15,16)(H,17,18)(H,19,20);;;;;;. The van der Waals surface area contributed by atoms with Gasteiger partial charge in [0.1, 0.15) is 0 Å². The summed E-state index contributed by atoms with van der Waals surface area (Å²) in [5, 5.41) is 34.5. The summed E-state index contributed by atoms with van der Waals surface area (Å²) < 4.78 is 0. The van der Waals surface area contributed by atoms with Gasteiger partial charge in [0.05, 0.1) is 26.2 Å². The number of aliphatic carboxylic acids is 4. The Labute approximate surface area is 208 Å². The van der Waals surface area contributed by atoms with E-state index in [0.717, 1.165) is 9.80 Å². The van der Waals surface area contributed by atoms with Crippen LogP contribution >= 0.6 is 0 Å². The summed E-state index contributed by atoms with van der Waals surface area (Å²) in [4.78, 5) is 44.4. The average molecular weight is 471 g/mol. The summed E-state index contributed by atoms with van der Waals surface area (Å²) in [6.45, 7) is -2.25. The maximum Gasteiger partial charge on any atom is 0 e. The predicted molar refractivity (Wildman–Crippen MR) is 77.7 cm³/mol. The molecule has 24 heavy (non-hydrogen) atoms. The molecule has 0 spiro atoms. The molecule has 0 aliphatic rings. The fourth-order valence-electron chi connectivity index (χ4n) is 1.48. The molecule has 0 fully saturated rings. The third-order valence-corrected chi connectivity index (χ3v) is 2.17. The van der Waals surface area contributed by atoms with Crippen LogP contribution in [0.25, 0.3) is 0 Å². The van der Waals surface area contributed by atoms with Gasteiger partial charge in [0.25, 0.3) is 0 Å². The van der Waals surface area contributed by atoms with Crippen LogP contribution in [0.3, 0.4) is 0 Å². The molecule has 0 bridgehead atoms. The minimum Gasteiger partial charge on any atom is 0 e. The largest absolute Gasteiger partial charge is 0 e. The second-order valence-electron chi connectivity index (χ2n) is 4.00. The number of hydrogen-bond donors (Lipinski definition) is 4. The first-order chi connectivity index (χ1) is 9.20. The molecule has 0 aromatic carbocycles. The number of carboxylic acids is 4. The molecule has 0 amide bonds. The number of hydrogen-bond acceptors (Lipinski definition) is 6. The molecule has 4 N–H and O–H groups in total. The molecule has 0 rings (SSSR count). The van der Waals surface area contributed by atoms with Crippen molar-refractivity contribution >= 4 is 83.0 Å². The summed E-state index contributed by atoms with van der Waals surface area (Å²) in [6.07, 6.45) is 0. The van der Waals surface area contributed by atoms with E-state index in [1.54, 1.807) is 0 Å². The summed E-state index contributed by atoms with van der Waals surface area (Å²) in [5.74, 6) is -4.91. The van der Waals surface area contributed by atoms with Crippen LogP contribution in [0.15, 0.2) is 0 Å². The van der Waals surface area contributed by atoms with Gasteiger partial charge in [-0.15, -0.1) is 0 Å². The summed E-state index contributed by atoms with van der Waals surface area (Å²) in [6, 6.07) is 0. The maximum absolute atomic E-state index is 10.6. The van der Waals surface area contributed by atoms with Crippen LogP contribution in [-0.4, -0.2) is 152 Å². The Bertz CT molecular complexity index is 335. The van der Waals surface area contributed by atoms with Crippen molar-refractivity contribution in [3.8, 4) is 0 Å². The summed E-state index contributed by atoms with van der Waals surface area (Å²) >= 11 is 0. The SMILES string of the molecule is O=C(O)CN(CCN(CC(=O)O)CC(=O)O)CC(=O)O.[NaH].[NaH].[Zn].[Zn]. The summed E-state index contributed by atoms with van der Waals surface area (Å²) in [5.41, 5.74) is 0. The Morgan fingerprint density at radius 3 is 0.833 bits per heavy atom. The minimum absolute atomic E-state index is 0. The molecule has 10 nitrogen and oxygen atoms in total. The van der Waals surface area contributed by atoms with E-state index < -0.39 is 50.1 Å². The van der Waals surface area contributed by atoms with Crippen LogP contribution in [0, 0.1) is 0 Å². The van der Waals surface area contributed by atoms with Crippen molar-refractivity contribution in [2.75, 3.05) is 39.3 Å². The van der Waals surface area contributed by atoms with Crippen molar-refractivity contribution < 1.29 is 78.6 Å². The first-order valence-electron chi connectivity index (χ1n) is 5.52. The number of nitrogens with zero attached hydrogens (tertiary/aromatic N) is 2. The molecule has 0 aromatic heterocycles. The van der Waals surface area contributed by atoms with Gasteiger partial charge in [0.15, 0.2) is 0 Å². The quantitative estimate of drug-likeness (QED) is 0.225. The van der Waals surface area contributed by atoms with Crippen LogP contribution in [0.1, 0.15) is 0 Å². The normalized spacial score (nSPS) is 8.92. The van der Waals surface area contributed by atoms with Gasteiger partial charge >= 0.3 is 83.0 Å². The first kappa shape index (κ1) is 36.0. The molecule has 0 aliphatic carbocycles. The van der Waals surface area contributed by atoms with Crippen molar-refractivity contribution in [3.63, 3.8) is 0 Å². The van der Waals surface area contributed by atoms with Gasteiger partial charge in [0, 0.05) is 52.0 Å². The van der Waals surface area contributed by atoms with Gasteiger partial charge < -0.3 is 20.4 Å². The number of carboxylic acid groups (broad SMARTS) is 4. The van der Waals surface area contributed by atoms with E-state index in [1.807, 2.05) is 0 Å². The second-order valence-corrected chi connectivity index (χ2v) is 4.00. The maximum atomic E-state index is 10.6. The smallest absolute Gasteiger partial charge is 0 e. The zero-order chi connectivity index (χ0) is 15.7. The van der Waals surface area contributed by atoms with Crippen LogP contribution in [0.4, 0.5) is 0 Å².